The molecule has 2 N–H and O–H groups in total. The highest BCUT2D eigenvalue weighted by Crippen LogP contribution is 2.37. The minimum absolute atomic E-state index is 0.0199. The number of amides is 1. The van der Waals surface area contributed by atoms with Gasteiger partial charge in [0.25, 0.3) is 0 Å². The molecule has 0 aromatic heterocycles. The molecule has 1 saturated carbocycles. The van der Waals surface area contributed by atoms with Crippen molar-refractivity contribution in [1.82, 2.24) is 5.32 Å². The maximum Gasteiger partial charge on any atom is 0.326 e. The molecule has 0 saturated heterocycles. The van der Waals surface area contributed by atoms with Crippen LogP contribution in [-0.2, 0) is 19.1 Å². The maximum atomic E-state index is 11.6. The van der Waals surface area contributed by atoms with Crippen LogP contribution in [0.4, 0.5) is 0 Å². The molecule has 0 aromatic rings. The Labute approximate surface area is 99.3 Å². The molecule has 0 aliphatic heterocycles. The first-order valence-electron chi connectivity index (χ1n) is 5.55. The van der Waals surface area contributed by atoms with Gasteiger partial charge in [0.05, 0.1) is 7.11 Å². The first kappa shape index (κ1) is 13.5. The van der Waals surface area contributed by atoms with Gasteiger partial charge in [-0.05, 0) is 18.8 Å². The lowest BCUT2D eigenvalue weighted by Gasteiger charge is -2.13. The third-order valence-electron chi connectivity index (χ3n) is 2.93. The Morgan fingerprint density at radius 3 is 2.47 bits per heavy atom. The first-order chi connectivity index (χ1) is 7.95. The molecule has 2 unspecified atom stereocenters. The molecule has 0 aromatic carbocycles. The van der Waals surface area contributed by atoms with Crippen LogP contribution in [0.3, 0.4) is 0 Å². The van der Waals surface area contributed by atoms with Gasteiger partial charge in [0.2, 0.25) is 5.91 Å². The molecule has 0 spiro atoms. The van der Waals surface area contributed by atoms with E-state index in [4.69, 9.17) is 5.11 Å². The number of methoxy groups -OCH3 is 1. The van der Waals surface area contributed by atoms with E-state index in [1.165, 1.54) is 7.11 Å². The van der Waals surface area contributed by atoms with E-state index >= 15 is 0 Å². The fourth-order valence-electron chi connectivity index (χ4n) is 1.59. The highest BCUT2D eigenvalue weighted by Gasteiger charge is 2.40. The summed E-state index contributed by atoms with van der Waals surface area (Å²) in [6.07, 6.45) is 0.831. The van der Waals surface area contributed by atoms with Gasteiger partial charge in [0.1, 0.15) is 6.04 Å². The average Bonchev–Trinajstić information content (AvgIpc) is 3.00. The van der Waals surface area contributed by atoms with Crippen molar-refractivity contribution < 1.29 is 24.2 Å². The predicted octanol–water partition coefficient (Wildman–Crippen LogP) is 0.165. The standard InChI is InChI=1S/C11H17NO5/c1-6-5-7(6)10(14)12-8(11(15)16)3-4-9(13)17-2/h6-8H,3-5H2,1-2H3,(H,12,14)(H,15,16)/t6?,7?,8-/m0/s1. The third-order valence-corrected chi connectivity index (χ3v) is 2.93. The van der Waals surface area contributed by atoms with Crippen molar-refractivity contribution >= 4 is 17.8 Å². The topological polar surface area (TPSA) is 92.7 Å². The van der Waals surface area contributed by atoms with Crippen molar-refractivity contribution in [3.05, 3.63) is 0 Å². The molecule has 0 heterocycles. The zero-order valence-electron chi connectivity index (χ0n) is 9.93. The number of aliphatic carboxylic acids is 1. The second-order valence-electron chi connectivity index (χ2n) is 4.33. The normalized spacial score (nSPS) is 23.6. The van der Waals surface area contributed by atoms with E-state index in [1.54, 1.807) is 0 Å². The minimum Gasteiger partial charge on any atom is -0.480 e. The van der Waals surface area contributed by atoms with E-state index in [2.05, 4.69) is 10.1 Å². The second-order valence-corrected chi connectivity index (χ2v) is 4.33. The van der Waals surface area contributed by atoms with Gasteiger partial charge < -0.3 is 15.2 Å². The van der Waals surface area contributed by atoms with Gasteiger partial charge >= 0.3 is 11.9 Å². The predicted molar refractivity (Wildman–Crippen MR) is 58.1 cm³/mol. The molecular weight excluding hydrogens is 226 g/mol. The van der Waals surface area contributed by atoms with Crippen LogP contribution >= 0.6 is 0 Å². The lowest BCUT2D eigenvalue weighted by atomic mass is 10.1. The average molecular weight is 243 g/mol. The van der Waals surface area contributed by atoms with Crippen LogP contribution in [0.5, 0.6) is 0 Å². The smallest absolute Gasteiger partial charge is 0.326 e. The van der Waals surface area contributed by atoms with E-state index in [1.807, 2.05) is 6.92 Å². The second kappa shape index (κ2) is 5.65. The maximum absolute atomic E-state index is 11.6. The molecule has 1 amide bonds. The molecule has 1 fully saturated rings. The molecule has 96 valence electrons. The quantitative estimate of drug-likeness (QED) is 0.648. The minimum atomic E-state index is -1.13. The number of ether oxygens (including phenoxy) is 1. The van der Waals surface area contributed by atoms with Crippen LogP contribution in [0.25, 0.3) is 0 Å². The summed E-state index contributed by atoms with van der Waals surface area (Å²) in [5.41, 5.74) is 0. The molecule has 3 atom stereocenters. The first-order valence-corrected chi connectivity index (χ1v) is 5.55. The monoisotopic (exact) mass is 243 g/mol. The van der Waals surface area contributed by atoms with Gasteiger partial charge in [-0.15, -0.1) is 0 Å². The highest BCUT2D eigenvalue weighted by atomic mass is 16.5. The van der Waals surface area contributed by atoms with Crippen molar-refractivity contribution in [3.8, 4) is 0 Å². The number of esters is 1. The molecule has 1 aliphatic rings. The number of carbonyl (C=O) groups excluding carboxylic acids is 2. The van der Waals surface area contributed by atoms with E-state index in [0.29, 0.717) is 5.92 Å². The summed E-state index contributed by atoms with van der Waals surface area (Å²) in [6, 6.07) is -1.02. The SMILES string of the molecule is COC(=O)CC[C@H](NC(=O)C1CC1C)C(=O)O. The van der Waals surface area contributed by atoms with Gasteiger partial charge in [0.15, 0.2) is 0 Å². The fourth-order valence-corrected chi connectivity index (χ4v) is 1.59. The van der Waals surface area contributed by atoms with E-state index in [9.17, 15) is 14.4 Å². The molecule has 17 heavy (non-hydrogen) atoms. The summed E-state index contributed by atoms with van der Waals surface area (Å²) in [7, 11) is 1.24. The summed E-state index contributed by atoms with van der Waals surface area (Å²) in [5.74, 6) is -1.60. The van der Waals surface area contributed by atoms with Crippen LogP contribution in [0.15, 0.2) is 0 Å². The molecule has 0 bridgehead atoms. The van der Waals surface area contributed by atoms with Crippen LogP contribution in [0.1, 0.15) is 26.2 Å². The highest BCUT2D eigenvalue weighted by molar-refractivity contribution is 5.86. The van der Waals surface area contributed by atoms with Crippen LogP contribution in [0.2, 0.25) is 0 Å². The van der Waals surface area contributed by atoms with Gasteiger partial charge in [0, 0.05) is 12.3 Å². The molecule has 0 radical (unpaired) electrons. The summed E-state index contributed by atoms with van der Waals surface area (Å²) in [5, 5.41) is 11.4. The number of hydrogen-bond donors (Lipinski definition) is 2. The lowest BCUT2D eigenvalue weighted by Crippen LogP contribution is -2.42. The van der Waals surface area contributed by atoms with Crippen molar-refractivity contribution in [2.45, 2.75) is 32.2 Å². The number of carbonyl (C=O) groups is 3. The fraction of sp³-hybridized carbons (Fsp3) is 0.727. The van der Waals surface area contributed by atoms with E-state index < -0.39 is 18.0 Å². The Kier molecular flexibility index (Phi) is 4.48. The van der Waals surface area contributed by atoms with Gasteiger partial charge in [-0.1, -0.05) is 6.92 Å². The van der Waals surface area contributed by atoms with Crippen molar-refractivity contribution in [2.24, 2.45) is 11.8 Å². The number of nitrogens with one attached hydrogen (secondary N) is 1. The van der Waals surface area contributed by atoms with E-state index in [0.717, 1.165) is 6.42 Å². The Balaban J connectivity index is 2.40. The Morgan fingerprint density at radius 1 is 1.47 bits per heavy atom. The van der Waals surface area contributed by atoms with Gasteiger partial charge in [-0.25, -0.2) is 4.79 Å². The van der Waals surface area contributed by atoms with Crippen LogP contribution in [-0.4, -0.2) is 36.1 Å². The van der Waals surface area contributed by atoms with Gasteiger partial charge in [-0.3, -0.25) is 9.59 Å². The Morgan fingerprint density at radius 2 is 2.06 bits per heavy atom. The zero-order chi connectivity index (χ0) is 13.0. The van der Waals surface area contributed by atoms with E-state index in [-0.39, 0.29) is 24.7 Å². The number of carboxylic acid groups (broad SMARTS) is 1. The number of hydrogen-bond acceptors (Lipinski definition) is 4. The molecule has 6 heteroatoms. The van der Waals surface area contributed by atoms with Crippen LogP contribution in [0, 0.1) is 11.8 Å². The third kappa shape index (κ3) is 4.05. The lowest BCUT2D eigenvalue weighted by molar-refractivity contribution is -0.144. The van der Waals surface area contributed by atoms with Gasteiger partial charge in [-0.2, -0.15) is 0 Å². The Hall–Kier alpha value is -1.59. The molecule has 1 rings (SSSR count). The van der Waals surface area contributed by atoms with Crippen molar-refractivity contribution in [2.75, 3.05) is 7.11 Å². The number of rotatable bonds is 6. The summed E-state index contributed by atoms with van der Waals surface area (Å²) >= 11 is 0. The van der Waals surface area contributed by atoms with Crippen molar-refractivity contribution in [3.63, 3.8) is 0 Å². The van der Waals surface area contributed by atoms with Crippen molar-refractivity contribution in [1.29, 1.82) is 0 Å². The number of carboxylic acids is 1. The zero-order valence-corrected chi connectivity index (χ0v) is 9.93. The summed E-state index contributed by atoms with van der Waals surface area (Å²) in [6.45, 7) is 1.94. The largest absolute Gasteiger partial charge is 0.480 e. The summed E-state index contributed by atoms with van der Waals surface area (Å²) < 4.78 is 4.42. The molecule has 1 aliphatic carbocycles. The molecule has 6 nitrogen and oxygen atoms in total. The summed E-state index contributed by atoms with van der Waals surface area (Å²) in [4.78, 5) is 33.3. The molecular formula is C11H17NO5. The Bertz CT molecular complexity index is 328. The van der Waals surface area contributed by atoms with Crippen LogP contribution < -0.4 is 5.32 Å².